The van der Waals surface area contributed by atoms with Crippen LogP contribution in [0.5, 0.6) is 0 Å². The molecule has 0 saturated carbocycles. The number of hydrogen-bond donors (Lipinski definition) is 1. The van der Waals surface area contributed by atoms with Gasteiger partial charge in [0.1, 0.15) is 0 Å². The van der Waals surface area contributed by atoms with Gasteiger partial charge in [0.25, 0.3) is 0 Å². The Labute approximate surface area is 177 Å². The number of halogens is 2. The summed E-state index contributed by atoms with van der Waals surface area (Å²) < 4.78 is 1.86. The van der Waals surface area contributed by atoms with Gasteiger partial charge < -0.3 is 9.88 Å². The smallest absolute Gasteiger partial charge is 0.244 e. The molecule has 1 aromatic heterocycles. The molecule has 3 rings (SSSR count). The van der Waals surface area contributed by atoms with E-state index >= 15 is 0 Å². The summed E-state index contributed by atoms with van der Waals surface area (Å²) in [5.74, 6) is 1.13. The summed E-state index contributed by atoms with van der Waals surface area (Å²) in [6.45, 7) is 0.280. The number of nitrogens with zero attached hydrogens (tertiary/aromatic N) is 3. The van der Waals surface area contributed by atoms with Crippen LogP contribution in [-0.4, -0.2) is 20.7 Å². The molecule has 1 amide bonds. The Bertz CT molecular complexity index is 1000. The van der Waals surface area contributed by atoms with Gasteiger partial charge in [0, 0.05) is 28.9 Å². The number of thioether (sulfide) groups is 1. The fraction of sp³-hybridized carbons (Fsp3) is 0.150. The fourth-order valence-electron chi connectivity index (χ4n) is 2.38. The standard InChI is InChI=1S/C20H18Cl2N4OS/c1-26-18(12-23-19(27)11-10-14-6-2-4-8-16(14)21)24-25-20(26)28-13-15-7-3-5-9-17(15)22/h2-11H,12-13H2,1H3,(H,23,27). The number of aromatic nitrogens is 3. The topological polar surface area (TPSA) is 59.8 Å². The first-order valence-corrected chi connectivity index (χ1v) is 10.2. The Balaban J connectivity index is 1.55. The third kappa shape index (κ3) is 5.38. The van der Waals surface area contributed by atoms with Crippen LogP contribution in [0, 0.1) is 0 Å². The van der Waals surface area contributed by atoms with Crippen molar-refractivity contribution in [2.45, 2.75) is 17.5 Å². The number of rotatable bonds is 7. The van der Waals surface area contributed by atoms with Crippen LogP contribution < -0.4 is 5.32 Å². The lowest BCUT2D eigenvalue weighted by Crippen LogP contribution is -2.22. The molecular weight excluding hydrogens is 415 g/mol. The van der Waals surface area contributed by atoms with Crippen molar-refractivity contribution in [2.75, 3.05) is 0 Å². The van der Waals surface area contributed by atoms with Crippen LogP contribution in [0.15, 0.2) is 59.8 Å². The van der Waals surface area contributed by atoms with Crippen molar-refractivity contribution in [1.82, 2.24) is 20.1 Å². The maximum Gasteiger partial charge on any atom is 0.244 e. The van der Waals surface area contributed by atoms with Crippen molar-refractivity contribution in [2.24, 2.45) is 7.05 Å². The largest absolute Gasteiger partial charge is 0.345 e. The zero-order valence-corrected chi connectivity index (χ0v) is 17.4. The average molecular weight is 433 g/mol. The van der Waals surface area contributed by atoms with E-state index in [1.807, 2.05) is 54.1 Å². The van der Waals surface area contributed by atoms with Crippen molar-refractivity contribution in [3.05, 3.63) is 81.6 Å². The predicted octanol–water partition coefficient (Wildman–Crippen LogP) is 4.74. The van der Waals surface area contributed by atoms with Crippen molar-refractivity contribution < 1.29 is 4.79 Å². The van der Waals surface area contributed by atoms with Gasteiger partial charge >= 0.3 is 0 Å². The van der Waals surface area contributed by atoms with Crippen molar-refractivity contribution in [1.29, 1.82) is 0 Å². The van der Waals surface area contributed by atoms with Gasteiger partial charge in [-0.25, -0.2) is 0 Å². The van der Waals surface area contributed by atoms with Gasteiger partial charge in [0.05, 0.1) is 6.54 Å². The minimum absolute atomic E-state index is 0.229. The van der Waals surface area contributed by atoms with Crippen molar-refractivity contribution >= 4 is 46.9 Å². The number of hydrogen-bond acceptors (Lipinski definition) is 4. The van der Waals surface area contributed by atoms with Crippen LogP contribution in [0.1, 0.15) is 17.0 Å². The van der Waals surface area contributed by atoms with Gasteiger partial charge in [0.2, 0.25) is 5.91 Å². The van der Waals surface area contributed by atoms with Crippen LogP contribution in [0.2, 0.25) is 10.0 Å². The number of amides is 1. The average Bonchev–Trinajstić information content (AvgIpc) is 3.05. The molecule has 0 saturated heterocycles. The number of benzene rings is 2. The third-order valence-corrected chi connectivity index (χ3v) is 5.76. The summed E-state index contributed by atoms with van der Waals surface area (Å²) in [6.07, 6.45) is 3.13. The maximum absolute atomic E-state index is 12.0. The molecule has 0 aliphatic carbocycles. The lowest BCUT2D eigenvalue weighted by atomic mass is 10.2. The quantitative estimate of drug-likeness (QED) is 0.432. The molecular formula is C20H18Cl2N4OS. The molecule has 28 heavy (non-hydrogen) atoms. The van der Waals surface area contributed by atoms with E-state index in [9.17, 15) is 4.79 Å². The SMILES string of the molecule is Cn1c(CNC(=O)C=Cc2ccccc2Cl)nnc1SCc1ccccc1Cl. The molecule has 3 aromatic rings. The first-order valence-electron chi connectivity index (χ1n) is 8.49. The molecule has 0 spiro atoms. The van der Waals surface area contributed by atoms with E-state index in [0.717, 1.165) is 21.3 Å². The normalized spacial score (nSPS) is 11.1. The summed E-state index contributed by atoms with van der Waals surface area (Å²) in [5, 5.41) is 13.2. The van der Waals surface area contributed by atoms with E-state index in [1.165, 1.54) is 6.08 Å². The number of carbonyl (C=O) groups excluding carboxylic acids is 1. The second kappa shape index (κ2) is 9.78. The predicted molar refractivity (Wildman–Crippen MR) is 114 cm³/mol. The Kier molecular flexibility index (Phi) is 7.14. The lowest BCUT2D eigenvalue weighted by Gasteiger charge is -2.05. The summed E-state index contributed by atoms with van der Waals surface area (Å²) in [6, 6.07) is 15.0. The third-order valence-electron chi connectivity index (χ3n) is 3.98. The molecule has 1 heterocycles. The second-order valence-electron chi connectivity index (χ2n) is 5.91. The fourth-order valence-corrected chi connectivity index (χ4v) is 3.80. The van der Waals surface area contributed by atoms with Crippen LogP contribution >= 0.6 is 35.0 Å². The Morgan fingerprint density at radius 3 is 2.57 bits per heavy atom. The van der Waals surface area contributed by atoms with E-state index in [-0.39, 0.29) is 12.5 Å². The molecule has 0 atom stereocenters. The molecule has 1 N–H and O–H groups in total. The highest BCUT2D eigenvalue weighted by molar-refractivity contribution is 7.98. The van der Waals surface area contributed by atoms with E-state index < -0.39 is 0 Å². The molecule has 0 fully saturated rings. The second-order valence-corrected chi connectivity index (χ2v) is 7.67. The molecule has 5 nitrogen and oxygen atoms in total. The molecule has 0 unspecified atom stereocenters. The molecule has 0 aliphatic heterocycles. The van der Waals surface area contributed by atoms with Crippen LogP contribution in [0.25, 0.3) is 6.08 Å². The van der Waals surface area contributed by atoms with E-state index in [2.05, 4.69) is 15.5 Å². The maximum atomic E-state index is 12.0. The van der Waals surface area contributed by atoms with Crippen LogP contribution in [-0.2, 0) is 24.1 Å². The summed E-state index contributed by atoms with van der Waals surface area (Å²) in [5.41, 5.74) is 1.83. The van der Waals surface area contributed by atoms with Gasteiger partial charge in [0.15, 0.2) is 11.0 Å². The highest BCUT2D eigenvalue weighted by Crippen LogP contribution is 2.25. The first kappa shape index (κ1) is 20.5. The summed E-state index contributed by atoms with van der Waals surface area (Å²) >= 11 is 13.8. The zero-order chi connectivity index (χ0) is 19.9. The Hall–Kier alpha value is -2.28. The van der Waals surface area contributed by atoms with Gasteiger partial charge in [-0.1, -0.05) is 71.4 Å². The van der Waals surface area contributed by atoms with Crippen molar-refractivity contribution in [3.63, 3.8) is 0 Å². The Morgan fingerprint density at radius 2 is 1.82 bits per heavy atom. The van der Waals surface area contributed by atoms with E-state index in [0.29, 0.717) is 16.6 Å². The molecule has 144 valence electrons. The van der Waals surface area contributed by atoms with Crippen LogP contribution in [0.4, 0.5) is 0 Å². The molecule has 2 aromatic carbocycles. The number of nitrogens with one attached hydrogen (secondary N) is 1. The van der Waals surface area contributed by atoms with E-state index in [1.54, 1.807) is 23.9 Å². The highest BCUT2D eigenvalue weighted by atomic mass is 35.5. The summed E-state index contributed by atoms with van der Waals surface area (Å²) in [7, 11) is 1.87. The van der Waals surface area contributed by atoms with Gasteiger partial charge in [-0.3, -0.25) is 4.79 Å². The lowest BCUT2D eigenvalue weighted by molar-refractivity contribution is -0.116. The monoisotopic (exact) mass is 432 g/mol. The van der Waals surface area contributed by atoms with Gasteiger partial charge in [-0.2, -0.15) is 0 Å². The zero-order valence-electron chi connectivity index (χ0n) is 15.1. The molecule has 0 radical (unpaired) electrons. The molecule has 8 heteroatoms. The minimum Gasteiger partial charge on any atom is -0.345 e. The summed E-state index contributed by atoms with van der Waals surface area (Å²) in [4.78, 5) is 12.0. The van der Waals surface area contributed by atoms with Gasteiger partial charge in [-0.15, -0.1) is 10.2 Å². The van der Waals surface area contributed by atoms with E-state index in [4.69, 9.17) is 23.2 Å². The van der Waals surface area contributed by atoms with Crippen LogP contribution in [0.3, 0.4) is 0 Å². The van der Waals surface area contributed by atoms with Gasteiger partial charge in [-0.05, 0) is 29.3 Å². The molecule has 0 aliphatic rings. The Morgan fingerprint density at radius 1 is 1.11 bits per heavy atom. The highest BCUT2D eigenvalue weighted by Gasteiger charge is 2.11. The number of carbonyl (C=O) groups is 1. The first-order chi connectivity index (χ1) is 13.5. The van der Waals surface area contributed by atoms with Crippen molar-refractivity contribution in [3.8, 4) is 0 Å². The molecule has 0 bridgehead atoms. The minimum atomic E-state index is -0.229.